The van der Waals surface area contributed by atoms with Crippen molar-refractivity contribution in [3.63, 3.8) is 0 Å². The van der Waals surface area contributed by atoms with Crippen molar-refractivity contribution in [1.29, 1.82) is 0 Å². The Morgan fingerprint density at radius 1 is 1.00 bits per heavy atom. The molecular weight excluding hydrogens is 402 g/mol. The quantitative estimate of drug-likeness (QED) is 0.598. The van der Waals surface area contributed by atoms with Gasteiger partial charge in [-0.3, -0.25) is 14.5 Å². The van der Waals surface area contributed by atoms with Crippen molar-refractivity contribution in [1.82, 2.24) is 15.5 Å². The largest absolute Gasteiger partial charge is 0.496 e. The number of hydrogen-bond donors (Lipinski definition) is 2. The van der Waals surface area contributed by atoms with E-state index in [-0.39, 0.29) is 30.2 Å². The number of hydrogen-bond acceptors (Lipinski definition) is 4. The van der Waals surface area contributed by atoms with Gasteiger partial charge in [-0.25, -0.2) is 0 Å². The van der Waals surface area contributed by atoms with Crippen LogP contribution in [0.15, 0.2) is 54.6 Å². The summed E-state index contributed by atoms with van der Waals surface area (Å²) < 4.78 is 5.59. The molecule has 172 valence electrons. The summed E-state index contributed by atoms with van der Waals surface area (Å²) in [5, 5.41) is 6.04. The zero-order valence-electron chi connectivity index (χ0n) is 19.3. The van der Waals surface area contributed by atoms with E-state index in [4.69, 9.17) is 4.74 Å². The van der Waals surface area contributed by atoms with Gasteiger partial charge in [-0.15, -0.1) is 0 Å². The Balaban J connectivity index is 1.66. The lowest BCUT2D eigenvalue weighted by molar-refractivity contribution is -0.129. The average molecular weight is 438 g/mol. The van der Waals surface area contributed by atoms with Gasteiger partial charge in [0.05, 0.1) is 19.6 Å². The summed E-state index contributed by atoms with van der Waals surface area (Å²) in [5.41, 5.74) is 2.00. The molecule has 1 saturated heterocycles. The molecule has 2 aromatic rings. The molecule has 1 fully saturated rings. The maximum atomic E-state index is 13.1. The number of methoxy groups -OCH3 is 1. The zero-order valence-corrected chi connectivity index (χ0v) is 19.3. The first-order valence-corrected chi connectivity index (χ1v) is 11.5. The van der Waals surface area contributed by atoms with E-state index < -0.39 is 6.04 Å². The van der Waals surface area contributed by atoms with Crippen LogP contribution in [0, 0.1) is 5.92 Å². The molecule has 2 amide bonds. The number of nitrogens with one attached hydrogen (secondary N) is 2. The van der Waals surface area contributed by atoms with Crippen LogP contribution < -0.4 is 15.4 Å². The Morgan fingerprint density at radius 2 is 1.66 bits per heavy atom. The molecule has 2 unspecified atom stereocenters. The number of rotatable bonds is 10. The standard InChI is InChI=1S/C26H35N3O3/c1-19(2)25(28-24(30)17-20-11-5-4-6-12-20)26(31)27-18-22(29-15-9-10-16-29)21-13-7-8-14-23(21)32-3/h4-8,11-14,19,22,25H,9-10,15-18H2,1-3H3,(H,27,31)(H,28,30). The highest BCUT2D eigenvalue weighted by molar-refractivity contribution is 5.88. The maximum Gasteiger partial charge on any atom is 0.242 e. The maximum absolute atomic E-state index is 13.1. The minimum absolute atomic E-state index is 0.0220. The van der Waals surface area contributed by atoms with Crippen LogP contribution in [-0.2, 0) is 16.0 Å². The van der Waals surface area contributed by atoms with Crippen molar-refractivity contribution < 1.29 is 14.3 Å². The topological polar surface area (TPSA) is 70.7 Å². The predicted octanol–water partition coefficient (Wildman–Crippen LogP) is 3.33. The zero-order chi connectivity index (χ0) is 22.9. The second-order valence-corrected chi connectivity index (χ2v) is 8.70. The SMILES string of the molecule is COc1ccccc1C(CNC(=O)C(NC(=O)Cc1ccccc1)C(C)C)N1CCCC1. The van der Waals surface area contributed by atoms with Crippen LogP contribution in [0.1, 0.15) is 43.9 Å². The lowest BCUT2D eigenvalue weighted by atomic mass is 10.0. The highest BCUT2D eigenvalue weighted by Gasteiger charge is 2.29. The Kier molecular flexibility index (Phi) is 8.68. The molecule has 2 atom stereocenters. The van der Waals surface area contributed by atoms with E-state index in [1.165, 1.54) is 0 Å². The number of benzene rings is 2. The van der Waals surface area contributed by atoms with Crippen LogP contribution >= 0.6 is 0 Å². The van der Waals surface area contributed by atoms with Crippen LogP contribution in [0.4, 0.5) is 0 Å². The van der Waals surface area contributed by atoms with Crippen molar-refractivity contribution in [3.8, 4) is 5.75 Å². The molecule has 0 bridgehead atoms. The van der Waals surface area contributed by atoms with Crippen LogP contribution in [0.5, 0.6) is 5.75 Å². The Morgan fingerprint density at radius 3 is 2.31 bits per heavy atom. The van der Waals surface area contributed by atoms with Gasteiger partial charge < -0.3 is 15.4 Å². The Labute approximate surface area is 191 Å². The van der Waals surface area contributed by atoms with Crippen LogP contribution in [0.2, 0.25) is 0 Å². The second-order valence-electron chi connectivity index (χ2n) is 8.70. The number of amides is 2. The summed E-state index contributed by atoms with van der Waals surface area (Å²) in [6.07, 6.45) is 2.57. The fourth-order valence-corrected chi connectivity index (χ4v) is 4.28. The third-order valence-electron chi connectivity index (χ3n) is 6.02. The summed E-state index contributed by atoms with van der Waals surface area (Å²) in [4.78, 5) is 28.1. The Bertz CT molecular complexity index is 879. The van der Waals surface area contributed by atoms with Gasteiger partial charge in [-0.1, -0.05) is 62.4 Å². The van der Waals surface area contributed by atoms with Gasteiger partial charge in [-0.05, 0) is 43.5 Å². The highest BCUT2D eigenvalue weighted by atomic mass is 16.5. The molecule has 0 radical (unpaired) electrons. The molecule has 32 heavy (non-hydrogen) atoms. The van der Waals surface area contributed by atoms with Crippen molar-refractivity contribution in [2.45, 2.75) is 45.2 Å². The summed E-state index contributed by atoms with van der Waals surface area (Å²) >= 11 is 0. The molecule has 2 aromatic carbocycles. The number of carbonyl (C=O) groups is 2. The summed E-state index contributed by atoms with van der Waals surface area (Å²) in [5.74, 6) is 0.507. The van der Waals surface area contributed by atoms with E-state index in [0.29, 0.717) is 6.54 Å². The molecule has 0 spiro atoms. The van der Waals surface area contributed by atoms with E-state index >= 15 is 0 Å². The van der Waals surface area contributed by atoms with E-state index in [0.717, 1.165) is 42.8 Å². The van der Waals surface area contributed by atoms with E-state index in [1.807, 2.05) is 62.4 Å². The normalized spacial score (nSPS) is 15.9. The Hall–Kier alpha value is -2.86. The molecule has 2 N–H and O–H groups in total. The molecule has 0 aromatic heterocycles. The van der Waals surface area contributed by atoms with Gasteiger partial charge in [0.1, 0.15) is 11.8 Å². The van der Waals surface area contributed by atoms with Gasteiger partial charge >= 0.3 is 0 Å². The van der Waals surface area contributed by atoms with Gasteiger partial charge in [0.15, 0.2) is 0 Å². The van der Waals surface area contributed by atoms with Crippen molar-refractivity contribution in [3.05, 3.63) is 65.7 Å². The minimum Gasteiger partial charge on any atom is -0.496 e. The van der Waals surface area contributed by atoms with Gasteiger partial charge in [0, 0.05) is 12.1 Å². The van der Waals surface area contributed by atoms with Crippen LogP contribution in [0.25, 0.3) is 0 Å². The molecule has 1 aliphatic heterocycles. The number of ether oxygens (including phenoxy) is 1. The second kappa shape index (κ2) is 11.7. The van der Waals surface area contributed by atoms with Crippen molar-refractivity contribution >= 4 is 11.8 Å². The summed E-state index contributed by atoms with van der Waals surface area (Å²) in [6, 6.07) is 17.0. The van der Waals surface area contributed by atoms with Crippen molar-refractivity contribution in [2.24, 2.45) is 5.92 Å². The van der Waals surface area contributed by atoms with Gasteiger partial charge in [-0.2, -0.15) is 0 Å². The molecule has 3 rings (SSSR count). The summed E-state index contributed by atoms with van der Waals surface area (Å²) in [7, 11) is 1.68. The average Bonchev–Trinajstić information content (AvgIpc) is 3.33. The molecule has 1 aliphatic rings. The fourth-order valence-electron chi connectivity index (χ4n) is 4.28. The van der Waals surface area contributed by atoms with Gasteiger partial charge in [0.2, 0.25) is 11.8 Å². The monoisotopic (exact) mass is 437 g/mol. The molecule has 6 nitrogen and oxygen atoms in total. The molecule has 1 heterocycles. The smallest absolute Gasteiger partial charge is 0.242 e. The van der Waals surface area contributed by atoms with E-state index in [9.17, 15) is 9.59 Å². The first kappa shape index (κ1) is 23.8. The van der Waals surface area contributed by atoms with E-state index in [1.54, 1.807) is 7.11 Å². The van der Waals surface area contributed by atoms with Crippen LogP contribution in [-0.4, -0.2) is 49.5 Å². The minimum atomic E-state index is -0.580. The molecular formula is C26H35N3O3. The third kappa shape index (κ3) is 6.33. The number of likely N-dealkylation sites (tertiary alicyclic amines) is 1. The number of nitrogens with zero attached hydrogens (tertiary/aromatic N) is 1. The number of para-hydroxylation sites is 1. The number of carbonyl (C=O) groups excluding carboxylic acids is 2. The molecule has 0 aliphatic carbocycles. The predicted molar refractivity (Wildman–Crippen MR) is 126 cm³/mol. The highest BCUT2D eigenvalue weighted by Crippen LogP contribution is 2.31. The molecule has 6 heteroatoms. The lowest BCUT2D eigenvalue weighted by Gasteiger charge is -2.30. The first-order chi connectivity index (χ1) is 15.5. The lowest BCUT2D eigenvalue weighted by Crippen LogP contribution is -2.51. The fraction of sp³-hybridized carbons (Fsp3) is 0.462. The summed E-state index contributed by atoms with van der Waals surface area (Å²) in [6.45, 7) is 6.37. The van der Waals surface area contributed by atoms with E-state index in [2.05, 4.69) is 21.6 Å². The first-order valence-electron chi connectivity index (χ1n) is 11.5. The molecule has 0 saturated carbocycles. The van der Waals surface area contributed by atoms with Crippen LogP contribution in [0.3, 0.4) is 0 Å². The van der Waals surface area contributed by atoms with Crippen molar-refractivity contribution in [2.75, 3.05) is 26.7 Å². The van der Waals surface area contributed by atoms with Gasteiger partial charge in [0.25, 0.3) is 0 Å². The third-order valence-corrected chi connectivity index (χ3v) is 6.02.